The molecule has 0 aliphatic carbocycles. The van der Waals surface area contributed by atoms with Crippen LogP contribution in [0, 0.1) is 6.92 Å². The summed E-state index contributed by atoms with van der Waals surface area (Å²) in [5, 5.41) is 5.78. The number of nitrogens with one attached hydrogen (secondary N) is 2. The van der Waals surface area contributed by atoms with Gasteiger partial charge in [-0.05, 0) is 43.5 Å². The number of hydrogen-bond donors (Lipinski definition) is 3. The van der Waals surface area contributed by atoms with Crippen molar-refractivity contribution in [3.05, 3.63) is 59.2 Å². The van der Waals surface area contributed by atoms with E-state index in [0.717, 1.165) is 42.7 Å². The van der Waals surface area contributed by atoms with Crippen molar-refractivity contribution >= 4 is 29.1 Å². The first-order valence-corrected chi connectivity index (χ1v) is 10.2. The van der Waals surface area contributed by atoms with Crippen LogP contribution in [0.25, 0.3) is 0 Å². The molecule has 3 amide bonds. The Bertz CT molecular complexity index is 934. The molecule has 158 valence electrons. The van der Waals surface area contributed by atoms with Crippen LogP contribution in [0.1, 0.15) is 53.7 Å². The molecule has 1 atom stereocenters. The predicted molar refractivity (Wildman–Crippen MR) is 117 cm³/mol. The van der Waals surface area contributed by atoms with Gasteiger partial charge in [0.05, 0.1) is 23.8 Å². The fourth-order valence-electron chi connectivity index (χ4n) is 3.71. The van der Waals surface area contributed by atoms with Crippen LogP contribution in [0.3, 0.4) is 0 Å². The Balaban J connectivity index is 1.82. The van der Waals surface area contributed by atoms with Crippen LogP contribution < -0.4 is 21.3 Å². The fraction of sp³-hybridized carbons (Fsp3) is 0.348. The van der Waals surface area contributed by atoms with Crippen molar-refractivity contribution in [1.82, 2.24) is 5.32 Å². The lowest BCUT2D eigenvalue weighted by molar-refractivity contribution is -0.120. The van der Waals surface area contributed by atoms with Crippen LogP contribution in [-0.2, 0) is 9.59 Å². The largest absolute Gasteiger partial charge is 0.370 e. The smallest absolute Gasteiger partial charge is 0.248 e. The maximum Gasteiger partial charge on any atom is 0.248 e. The second kappa shape index (κ2) is 9.43. The number of carbonyl (C=O) groups is 3. The van der Waals surface area contributed by atoms with Crippen molar-refractivity contribution in [2.24, 2.45) is 5.73 Å². The monoisotopic (exact) mass is 408 g/mol. The van der Waals surface area contributed by atoms with Crippen molar-refractivity contribution in [2.75, 3.05) is 23.3 Å². The molecule has 0 spiro atoms. The number of nitrogens with two attached hydrogens (primary N) is 1. The molecule has 1 saturated heterocycles. The van der Waals surface area contributed by atoms with Crippen LogP contribution in [0.15, 0.2) is 42.5 Å². The Morgan fingerprint density at radius 3 is 2.33 bits per heavy atom. The quantitative estimate of drug-likeness (QED) is 0.655. The van der Waals surface area contributed by atoms with Gasteiger partial charge in [0.25, 0.3) is 0 Å². The van der Waals surface area contributed by atoms with E-state index in [9.17, 15) is 14.4 Å². The SMILES string of the molecule is CC(=O)NC(CC(=O)Nc1cc(C(N)=O)ccc1N1CCCC1)c1ccc(C)cc1. The molecule has 1 heterocycles. The summed E-state index contributed by atoms with van der Waals surface area (Å²) in [6.07, 6.45) is 2.24. The van der Waals surface area contributed by atoms with Crippen molar-refractivity contribution < 1.29 is 14.4 Å². The third-order valence-corrected chi connectivity index (χ3v) is 5.25. The molecule has 2 aromatic rings. The molecule has 1 aliphatic rings. The van der Waals surface area contributed by atoms with Gasteiger partial charge in [-0.25, -0.2) is 0 Å². The van der Waals surface area contributed by atoms with Gasteiger partial charge in [0.1, 0.15) is 0 Å². The zero-order chi connectivity index (χ0) is 21.7. The van der Waals surface area contributed by atoms with Crippen molar-refractivity contribution in [3.8, 4) is 0 Å². The summed E-state index contributed by atoms with van der Waals surface area (Å²) in [5.74, 6) is -1.01. The Kier molecular flexibility index (Phi) is 6.72. The minimum atomic E-state index is -0.547. The number of anilines is 2. The number of hydrogen-bond acceptors (Lipinski definition) is 4. The van der Waals surface area contributed by atoms with E-state index >= 15 is 0 Å². The number of carbonyl (C=O) groups excluding carboxylic acids is 3. The Labute approximate surface area is 176 Å². The summed E-state index contributed by atoms with van der Waals surface area (Å²) in [6, 6.07) is 12.4. The molecule has 1 aliphatic heterocycles. The Morgan fingerprint density at radius 2 is 1.73 bits per heavy atom. The molecule has 1 fully saturated rings. The van der Waals surface area contributed by atoms with Crippen molar-refractivity contribution in [3.63, 3.8) is 0 Å². The fourth-order valence-corrected chi connectivity index (χ4v) is 3.71. The number of benzene rings is 2. The highest BCUT2D eigenvalue weighted by molar-refractivity contribution is 5.99. The standard InChI is InChI=1S/C23H28N4O3/c1-15-5-7-17(8-6-15)19(25-16(2)28)14-22(29)26-20-13-18(23(24)30)9-10-21(20)27-11-3-4-12-27/h5-10,13,19H,3-4,11-12,14H2,1-2H3,(H2,24,30)(H,25,28)(H,26,29). The molecule has 0 aromatic heterocycles. The third-order valence-electron chi connectivity index (χ3n) is 5.25. The average Bonchev–Trinajstić information content (AvgIpc) is 3.22. The predicted octanol–water partition coefficient (Wildman–Crippen LogP) is 2.90. The second-order valence-electron chi connectivity index (χ2n) is 7.71. The highest BCUT2D eigenvalue weighted by atomic mass is 16.2. The highest BCUT2D eigenvalue weighted by Crippen LogP contribution is 2.30. The summed E-state index contributed by atoms with van der Waals surface area (Å²) in [5.41, 5.74) is 9.16. The van der Waals surface area contributed by atoms with Gasteiger partial charge >= 0.3 is 0 Å². The highest BCUT2D eigenvalue weighted by Gasteiger charge is 2.21. The summed E-state index contributed by atoms with van der Waals surface area (Å²) in [4.78, 5) is 38.4. The number of aryl methyl sites for hydroxylation is 1. The molecular weight excluding hydrogens is 380 g/mol. The minimum absolute atomic E-state index is 0.0723. The first kappa shape index (κ1) is 21.4. The lowest BCUT2D eigenvalue weighted by Crippen LogP contribution is -2.30. The van der Waals surface area contributed by atoms with E-state index in [1.807, 2.05) is 37.3 Å². The van der Waals surface area contributed by atoms with Crippen LogP contribution in [-0.4, -0.2) is 30.8 Å². The van der Waals surface area contributed by atoms with Gasteiger partial charge in [-0.2, -0.15) is 0 Å². The number of primary amides is 1. The third kappa shape index (κ3) is 5.37. The lowest BCUT2D eigenvalue weighted by Gasteiger charge is -2.23. The van der Waals surface area contributed by atoms with Crippen LogP contribution in [0.2, 0.25) is 0 Å². The van der Waals surface area contributed by atoms with E-state index in [1.54, 1.807) is 12.1 Å². The van der Waals surface area contributed by atoms with E-state index < -0.39 is 11.9 Å². The number of rotatable bonds is 7. The topological polar surface area (TPSA) is 105 Å². The number of nitrogens with zero attached hydrogens (tertiary/aromatic N) is 1. The molecule has 0 radical (unpaired) electrons. The zero-order valence-electron chi connectivity index (χ0n) is 17.4. The molecule has 0 bridgehead atoms. The second-order valence-corrected chi connectivity index (χ2v) is 7.71. The molecule has 1 unspecified atom stereocenters. The van der Waals surface area contributed by atoms with Gasteiger partial charge in [0.2, 0.25) is 17.7 Å². The van der Waals surface area contributed by atoms with Gasteiger partial charge in [-0.3, -0.25) is 14.4 Å². The molecule has 2 aromatic carbocycles. The van der Waals surface area contributed by atoms with Gasteiger partial charge in [-0.15, -0.1) is 0 Å². The Hall–Kier alpha value is -3.35. The normalized spacial score (nSPS) is 14.3. The van der Waals surface area contributed by atoms with Gasteiger partial charge in [-0.1, -0.05) is 29.8 Å². The molecule has 0 saturated carbocycles. The molecule has 4 N–H and O–H groups in total. The van der Waals surface area contributed by atoms with Crippen LogP contribution in [0.5, 0.6) is 0 Å². The first-order chi connectivity index (χ1) is 14.3. The molecule has 7 heteroatoms. The maximum absolute atomic E-state index is 12.9. The van der Waals surface area contributed by atoms with Crippen molar-refractivity contribution in [2.45, 2.75) is 39.2 Å². The van der Waals surface area contributed by atoms with E-state index in [4.69, 9.17) is 5.73 Å². The zero-order valence-corrected chi connectivity index (χ0v) is 17.4. The molecule has 3 rings (SSSR count). The summed E-state index contributed by atoms with van der Waals surface area (Å²) in [7, 11) is 0. The summed E-state index contributed by atoms with van der Waals surface area (Å²) < 4.78 is 0. The summed E-state index contributed by atoms with van der Waals surface area (Å²) in [6.45, 7) is 5.21. The average molecular weight is 409 g/mol. The van der Waals surface area contributed by atoms with Crippen molar-refractivity contribution in [1.29, 1.82) is 0 Å². The van der Waals surface area contributed by atoms with E-state index in [-0.39, 0.29) is 18.2 Å². The van der Waals surface area contributed by atoms with E-state index in [1.165, 1.54) is 6.92 Å². The number of amides is 3. The Morgan fingerprint density at radius 1 is 1.07 bits per heavy atom. The van der Waals surface area contributed by atoms with Crippen LogP contribution in [0.4, 0.5) is 11.4 Å². The van der Waals surface area contributed by atoms with Gasteiger partial charge in [0, 0.05) is 25.6 Å². The molecule has 7 nitrogen and oxygen atoms in total. The first-order valence-electron chi connectivity index (χ1n) is 10.2. The van der Waals surface area contributed by atoms with Crippen LogP contribution >= 0.6 is 0 Å². The van der Waals surface area contributed by atoms with Gasteiger partial charge < -0.3 is 21.3 Å². The minimum Gasteiger partial charge on any atom is -0.370 e. The lowest BCUT2D eigenvalue weighted by atomic mass is 10.0. The van der Waals surface area contributed by atoms with Gasteiger partial charge in [0.15, 0.2) is 0 Å². The van der Waals surface area contributed by atoms with E-state index in [0.29, 0.717) is 11.3 Å². The summed E-state index contributed by atoms with van der Waals surface area (Å²) >= 11 is 0. The molecule has 30 heavy (non-hydrogen) atoms. The maximum atomic E-state index is 12.9. The molecular formula is C23H28N4O3. The van der Waals surface area contributed by atoms with E-state index in [2.05, 4.69) is 15.5 Å².